The summed E-state index contributed by atoms with van der Waals surface area (Å²) >= 11 is 0. The van der Waals surface area contributed by atoms with Crippen LogP contribution in [0.5, 0.6) is 17.4 Å². The van der Waals surface area contributed by atoms with Gasteiger partial charge in [-0.25, -0.2) is 19.6 Å². The molecule has 0 saturated carbocycles. The molecule has 9 nitrogen and oxygen atoms in total. The van der Waals surface area contributed by atoms with Gasteiger partial charge in [0.25, 0.3) is 0 Å². The van der Waals surface area contributed by atoms with Crippen LogP contribution in [0, 0.1) is 6.92 Å². The second kappa shape index (κ2) is 8.43. The standard InChI is InChI=1S/C25H22F2N6O3/c1-15-13-32(14-28-15)19-10-8-16(29-24(19)34-2)9-11-21-30-23-18(6-4-12-33(23)31-21)17-5-3-7-20-22(17)36-25(26,27)35-20/h3,5,7-11,13-14,18H,4,6,12H2,1-2H3/b11-9+/t18-/m0/s1. The molecule has 184 valence electrons. The van der Waals surface area contributed by atoms with Gasteiger partial charge in [-0.2, -0.15) is 5.10 Å². The number of ether oxygens (including phenoxy) is 3. The third-order valence-electron chi connectivity index (χ3n) is 6.17. The highest BCUT2D eigenvalue weighted by Crippen LogP contribution is 2.48. The number of para-hydroxylation sites is 1. The van der Waals surface area contributed by atoms with Crippen LogP contribution in [-0.4, -0.2) is 42.7 Å². The lowest BCUT2D eigenvalue weighted by atomic mass is 9.90. The molecule has 0 radical (unpaired) electrons. The number of alkyl halides is 2. The van der Waals surface area contributed by atoms with E-state index in [-0.39, 0.29) is 17.4 Å². The average molecular weight is 492 g/mol. The predicted molar refractivity (Wildman–Crippen MR) is 125 cm³/mol. The second-order valence-corrected chi connectivity index (χ2v) is 8.61. The van der Waals surface area contributed by atoms with Crippen molar-refractivity contribution in [3.05, 3.63) is 71.5 Å². The van der Waals surface area contributed by atoms with Gasteiger partial charge in [-0.3, -0.25) is 0 Å². The summed E-state index contributed by atoms with van der Waals surface area (Å²) in [5, 5.41) is 4.60. The van der Waals surface area contributed by atoms with Crippen molar-refractivity contribution in [1.82, 2.24) is 29.3 Å². The van der Waals surface area contributed by atoms with Gasteiger partial charge in [-0.15, -0.1) is 8.78 Å². The van der Waals surface area contributed by atoms with Crippen LogP contribution >= 0.6 is 0 Å². The zero-order chi connectivity index (χ0) is 24.9. The maximum atomic E-state index is 13.7. The smallest absolute Gasteiger partial charge is 0.479 e. The van der Waals surface area contributed by atoms with Crippen molar-refractivity contribution in [2.24, 2.45) is 0 Å². The fraction of sp³-hybridized carbons (Fsp3) is 0.280. The van der Waals surface area contributed by atoms with E-state index < -0.39 is 6.29 Å². The van der Waals surface area contributed by atoms with E-state index in [4.69, 9.17) is 14.5 Å². The molecule has 0 aliphatic carbocycles. The number of rotatable bonds is 5. The Kier molecular flexibility index (Phi) is 5.20. The average Bonchev–Trinajstić information content (AvgIpc) is 3.57. The van der Waals surface area contributed by atoms with Crippen LogP contribution in [0.15, 0.2) is 42.9 Å². The second-order valence-electron chi connectivity index (χ2n) is 8.61. The van der Waals surface area contributed by atoms with Gasteiger partial charge in [-0.1, -0.05) is 12.1 Å². The fourth-order valence-corrected chi connectivity index (χ4v) is 4.60. The van der Waals surface area contributed by atoms with Crippen molar-refractivity contribution >= 4 is 12.2 Å². The highest BCUT2D eigenvalue weighted by Gasteiger charge is 2.45. The minimum atomic E-state index is -3.67. The van der Waals surface area contributed by atoms with Crippen LogP contribution in [0.4, 0.5) is 8.78 Å². The van der Waals surface area contributed by atoms with E-state index in [0.717, 1.165) is 24.2 Å². The number of imidazole rings is 1. The molecule has 11 heteroatoms. The molecule has 4 aromatic rings. The molecule has 5 heterocycles. The predicted octanol–water partition coefficient (Wildman–Crippen LogP) is 4.59. The summed E-state index contributed by atoms with van der Waals surface area (Å²) < 4.78 is 46.0. The normalized spacial score (nSPS) is 17.9. The number of halogens is 2. The number of hydrogen-bond acceptors (Lipinski definition) is 7. The molecule has 0 amide bonds. The lowest BCUT2D eigenvalue weighted by Crippen LogP contribution is -2.26. The molecular formula is C25H22F2N6O3. The van der Waals surface area contributed by atoms with Crippen LogP contribution in [0.25, 0.3) is 17.8 Å². The van der Waals surface area contributed by atoms with Gasteiger partial charge < -0.3 is 18.8 Å². The molecule has 2 aliphatic heterocycles. The zero-order valence-corrected chi connectivity index (χ0v) is 19.6. The van der Waals surface area contributed by atoms with E-state index in [1.165, 1.54) is 6.07 Å². The number of aromatic nitrogens is 6. The minimum Gasteiger partial charge on any atom is -0.479 e. The lowest BCUT2D eigenvalue weighted by Gasteiger charge is -2.23. The first-order chi connectivity index (χ1) is 17.4. The van der Waals surface area contributed by atoms with Crippen LogP contribution in [-0.2, 0) is 6.54 Å². The van der Waals surface area contributed by atoms with Crippen molar-refractivity contribution in [3.8, 4) is 23.1 Å². The maximum Gasteiger partial charge on any atom is 0.586 e. The van der Waals surface area contributed by atoms with Gasteiger partial charge >= 0.3 is 6.29 Å². The molecule has 0 bridgehead atoms. The van der Waals surface area contributed by atoms with Gasteiger partial charge in [-0.05, 0) is 50.1 Å². The molecule has 0 unspecified atom stereocenters. The Bertz CT molecular complexity index is 1480. The van der Waals surface area contributed by atoms with Crippen LogP contribution in [0.1, 0.15) is 47.4 Å². The number of hydrogen-bond donors (Lipinski definition) is 0. The van der Waals surface area contributed by atoms with Crippen molar-refractivity contribution in [1.29, 1.82) is 0 Å². The molecule has 0 saturated heterocycles. The van der Waals surface area contributed by atoms with Gasteiger partial charge in [0.15, 0.2) is 17.3 Å². The number of pyridine rings is 1. The largest absolute Gasteiger partial charge is 0.586 e. The van der Waals surface area contributed by atoms with E-state index in [1.807, 2.05) is 34.5 Å². The van der Waals surface area contributed by atoms with Gasteiger partial charge in [0.05, 0.1) is 24.8 Å². The SMILES string of the molecule is COc1nc(/C=C/c2nc3n(n2)CCC[C@H]3c2cccc3c2OC(F)(F)O3)ccc1-n1cnc(C)c1. The third-order valence-corrected chi connectivity index (χ3v) is 6.17. The number of methoxy groups -OCH3 is 1. The number of nitrogens with zero attached hydrogens (tertiary/aromatic N) is 6. The lowest BCUT2D eigenvalue weighted by molar-refractivity contribution is -0.287. The topological polar surface area (TPSA) is 89.1 Å². The minimum absolute atomic E-state index is 0.0311. The monoisotopic (exact) mass is 492 g/mol. The zero-order valence-electron chi connectivity index (χ0n) is 19.6. The van der Waals surface area contributed by atoms with E-state index in [0.29, 0.717) is 35.3 Å². The molecule has 0 fully saturated rings. The summed E-state index contributed by atoms with van der Waals surface area (Å²) in [5.74, 6) is 1.52. The summed E-state index contributed by atoms with van der Waals surface area (Å²) in [6.45, 7) is 2.61. The van der Waals surface area contributed by atoms with Crippen molar-refractivity contribution in [3.63, 3.8) is 0 Å². The fourth-order valence-electron chi connectivity index (χ4n) is 4.60. The van der Waals surface area contributed by atoms with Crippen molar-refractivity contribution < 1.29 is 23.0 Å². The van der Waals surface area contributed by atoms with E-state index in [9.17, 15) is 8.78 Å². The number of aryl methyl sites for hydroxylation is 2. The molecular weight excluding hydrogens is 470 g/mol. The van der Waals surface area contributed by atoms with Gasteiger partial charge in [0.2, 0.25) is 5.88 Å². The van der Waals surface area contributed by atoms with Gasteiger partial charge in [0, 0.05) is 24.2 Å². The van der Waals surface area contributed by atoms with E-state index >= 15 is 0 Å². The molecule has 6 rings (SSSR count). The van der Waals surface area contributed by atoms with E-state index in [2.05, 4.69) is 19.8 Å². The molecule has 36 heavy (non-hydrogen) atoms. The highest BCUT2D eigenvalue weighted by atomic mass is 19.3. The number of fused-ring (bicyclic) bond motifs is 2. The van der Waals surface area contributed by atoms with E-state index in [1.54, 1.807) is 37.7 Å². The summed E-state index contributed by atoms with van der Waals surface area (Å²) in [7, 11) is 1.57. The van der Waals surface area contributed by atoms with Crippen LogP contribution in [0.2, 0.25) is 0 Å². The van der Waals surface area contributed by atoms with Crippen molar-refractivity contribution in [2.45, 2.75) is 38.5 Å². The third kappa shape index (κ3) is 3.96. The number of benzene rings is 1. The molecule has 1 aromatic carbocycles. The first-order valence-corrected chi connectivity index (χ1v) is 11.5. The quantitative estimate of drug-likeness (QED) is 0.403. The Morgan fingerprint density at radius 1 is 1.14 bits per heavy atom. The Labute approximate surface area is 205 Å². The Morgan fingerprint density at radius 3 is 2.83 bits per heavy atom. The summed E-state index contributed by atoms with van der Waals surface area (Å²) in [4.78, 5) is 13.5. The highest BCUT2D eigenvalue weighted by molar-refractivity contribution is 5.66. The molecule has 0 N–H and O–H groups in total. The molecule has 2 aliphatic rings. The Hall–Kier alpha value is -4.28. The van der Waals surface area contributed by atoms with Crippen LogP contribution in [0.3, 0.4) is 0 Å². The molecule has 1 atom stereocenters. The maximum absolute atomic E-state index is 13.7. The Morgan fingerprint density at radius 2 is 2.03 bits per heavy atom. The first kappa shape index (κ1) is 22.2. The van der Waals surface area contributed by atoms with Crippen LogP contribution < -0.4 is 14.2 Å². The van der Waals surface area contributed by atoms with Gasteiger partial charge in [0.1, 0.15) is 11.5 Å². The molecule has 0 spiro atoms. The first-order valence-electron chi connectivity index (χ1n) is 11.5. The van der Waals surface area contributed by atoms with Crippen molar-refractivity contribution in [2.75, 3.05) is 7.11 Å². The Balaban J connectivity index is 1.28. The molecule has 3 aromatic heterocycles. The summed E-state index contributed by atoms with van der Waals surface area (Å²) in [6, 6.07) is 8.70. The summed E-state index contributed by atoms with van der Waals surface area (Å²) in [5.41, 5.74) is 2.96. The summed E-state index contributed by atoms with van der Waals surface area (Å²) in [6.07, 6.45) is 5.08.